The van der Waals surface area contributed by atoms with E-state index in [2.05, 4.69) is 33.4 Å². The van der Waals surface area contributed by atoms with E-state index in [1.165, 1.54) is 0 Å². The summed E-state index contributed by atoms with van der Waals surface area (Å²) in [5.74, 6) is 0. The Bertz CT molecular complexity index is 656. The summed E-state index contributed by atoms with van der Waals surface area (Å²) in [4.78, 5) is 4.22. The first-order valence-corrected chi connectivity index (χ1v) is 5.87. The number of rotatable bonds is 2. The van der Waals surface area contributed by atoms with Crippen LogP contribution in [0, 0.1) is 6.92 Å². The fourth-order valence-electron chi connectivity index (χ4n) is 2.04. The van der Waals surface area contributed by atoms with Crippen LogP contribution in [0.5, 0.6) is 0 Å². The van der Waals surface area contributed by atoms with E-state index in [1.807, 2.05) is 43.6 Å². The van der Waals surface area contributed by atoms with Crippen molar-refractivity contribution in [3.63, 3.8) is 0 Å². The molecule has 3 heteroatoms. The second kappa shape index (κ2) is 4.45. The first-order chi connectivity index (χ1) is 8.84. The molecule has 0 aliphatic carbocycles. The van der Waals surface area contributed by atoms with Crippen LogP contribution in [0.15, 0.2) is 54.9 Å². The Kier molecular flexibility index (Phi) is 2.65. The van der Waals surface area contributed by atoms with Gasteiger partial charge >= 0.3 is 0 Å². The van der Waals surface area contributed by atoms with Gasteiger partial charge in [0.05, 0.1) is 5.69 Å². The van der Waals surface area contributed by atoms with Gasteiger partial charge in [-0.15, -0.1) is 0 Å². The fraction of sp³-hybridized carbons (Fsp3) is 0.0667. The maximum atomic E-state index is 4.35. The monoisotopic (exact) mass is 235 g/mol. The molecule has 0 aliphatic rings. The third-order valence-electron chi connectivity index (χ3n) is 2.90. The summed E-state index contributed by atoms with van der Waals surface area (Å²) >= 11 is 0. The number of aromatic nitrogens is 3. The Morgan fingerprint density at radius 3 is 2.61 bits per heavy atom. The molecule has 0 atom stereocenters. The van der Waals surface area contributed by atoms with Gasteiger partial charge in [0.2, 0.25) is 0 Å². The lowest BCUT2D eigenvalue weighted by Crippen LogP contribution is -1.85. The van der Waals surface area contributed by atoms with Crippen LogP contribution in [0.3, 0.4) is 0 Å². The standard InChI is InChI=1S/C15H13N3/c1-11-9-13(7-8-16-11)14-10-17-18-15(14)12-5-3-2-4-6-12/h2-10H,1H3,(H,17,18). The van der Waals surface area contributed by atoms with Crippen molar-refractivity contribution in [2.24, 2.45) is 0 Å². The zero-order valence-electron chi connectivity index (χ0n) is 10.1. The molecule has 2 aromatic heterocycles. The zero-order chi connectivity index (χ0) is 12.4. The van der Waals surface area contributed by atoms with Crippen molar-refractivity contribution >= 4 is 0 Å². The van der Waals surface area contributed by atoms with E-state index >= 15 is 0 Å². The fourth-order valence-corrected chi connectivity index (χ4v) is 2.04. The predicted octanol–water partition coefficient (Wildman–Crippen LogP) is 3.45. The summed E-state index contributed by atoms with van der Waals surface area (Å²) in [5, 5.41) is 7.29. The quantitative estimate of drug-likeness (QED) is 0.739. The molecule has 0 radical (unpaired) electrons. The summed E-state index contributed by atoms with van der Waals surface area (Å²) in [7, 11) is 0. The molecule has 1 N–H and O–H groups in total. The van der Waals surface area contributed by atoms with Crippen molar-refractivity contribution in [2.75, 3.05) is 0 Å². The number of aromatic amines is 1. The normalized spacial score (nSPS) is 10.5. The van der Waals surface area contributed by atoms with Crippen LogP contribution >= 0.6 is 0 Å². The Labute approximate surface area is 106 Å². The smallest absolute Gasteiger partial charge is 0.0999 e. The maximum Gasteiger partial charge on any atom is 0.0999 e. The topological polar surface area (TPSA) is 41.6 Å². The average Bonchev–Trinajstić information content (AvgIpc) is 2.89. The molecule has 0 saturated carbocycles. The Hall–Kier alpha value is -2.42. The predicted molar refractivity (Wildman–Crippen MR) is 72.0 cm³/mol. The molecule has 3 aromatic rings. The van der Waals surface area contributed by atoms with E-state index in [1.54, 1.807) is 0 Å². The number of aryl methyl sites for hydroxylation is 1. The minimum absolute atomic E-state index is 0.973. The summed E-state index contributed by atoms with van der Waals surface area (Å²) in [5.41, 5.74) is 5.33. The molecular weight excluding hydrogens is 222 g/mol. The van der Waals surface area contributed by atoms with E-state index < -0.39 is 0 Å². The van der Waals surface area contributed by atoms with Gasteiger partial charge in [-0.1, -0.05) is 30.3 Å². The number of pyridine rings is 1. The highest BCUT2D eigenvalue weighted by molar-refractivity contribution is 5.80. The van der Waals surface area contributed by atoms with Crippen LogP contribution in [0.4, 0.5) is 0 Å². The molecule has 3 rings (SSSR count). The van der Waals surface area contributed by atoms with Gasteiger partial charge in [0, 0.05) is 29.2 Å². The second-order valence-electron chi connectivity index (χ2n) is 4.20. The molecule has 3 nitrogen and oxygen atoms in total. The van der Waals surface area contributed by atoms with E-state index in [0.717, 1.165) is 28.1 Å². The first kappa shape index (κ1) is 10.7. The number of benzene rings is 1. The maximum absolute atomic E-state index is 4.35. The van der Waals surface area contributed by atoms with Crippen LogP contribution < -0.4 is 0 Å². The molecule has 1 aromatic carbocycles. The van der Waals surface area contributed by atoms with Gasteiger partial charge < -0.3 is 0 Å². The van der Waals surface area contributed by atoms with E-state index in [0.29, 0.717) is 0 Å². The molecular formula is C15H13N3. The Balaban J connectivity index is 2.13. The van der Waals surface area contributed by atoms with Crippen molar-refractivity contribution in [3.05, 3.63) is 60.6 Å². The number of hydrogen-bond donors (Lipinski definition) is 1. The van der Waals surface area contributed by atoms with Crippen molar-refractivity contribution < 1.29 is 0 Å². The van der Waals surface area contributed by atoms with Gasteiger partial charge in [0.15, 0.2) is 0 Å². The first-order valence-electron chi connectivity index (χ1n) is 5.87. The number of H-pyrrole nitrogens is 1. The summed E-state index contributed by atoms with van der Waals surface area (Å²) in [6.45, 7) is 1.99. The molecule has 18 heavy (non-hydrogen) atoms. The van der Waals surface area contributed by atoms with Gasteiger partial charge in [-0.2, -0.15) is 5.10 Å². The number of nitrogens with zero attached hydrogens (tertiary/aromatic N) is 2. The van der Waals surface area contributed by atoms with Gasteiger partial charge in [-0.25, -0.2) is 0 Å². The van der Waals surface area contributed by atoms with Gasteiger partial charge in [-0.3, -0.25) is 10.1 Å². The Morgan fingerprint density at radius 2 is 1.83 bits per heavy atom. The summed E-state index contributed by atoms with van der Waals surface area (Å²) in [6, 6.07) is 14.2. The zero-order valence-corrected chi connectivity index (χ0v) is 10.1. The van der Waals surface area contributed by atoms with Crippen molar-refractivity contribution in [1.29, 1.82) is 0 Å². The van der Waals surface area contributed by atoms with Gasteiger partial charge in [-0.05, 0) is 24.6 Å². The minimum atomic E-state index is 0.973. The van der Waals surface area contributed by atoms with Crippen molar-refractivity contribution in [1.82, 2.24) is 15.2 Å². The van der Waals surface area contributed by atoms with Crippen molar-refractivity contribution in [3.8, 4) is 22.4 Å². The highest BCUT2D eigenvalue weighted by Gasteiger charge is 2.10. The van der Waals surface area contributed by atoms with Crippen LogP contribution in [-0.2, 0) is 0 Å². The summed E-state index contributed by atoms with van der Waals surface area (Å²) < 4.78 is 0. The Morgan fingerprint density at radius 1 is 1.00 bits per heavy atom. The number of hydrogen-bond acceptors (Lipinski definition) is 2. The minimum Gasteiger partial charge on any atom is -0.284 e. The molecule has 0 bridgehead atoms. The molecule has 88 valence electrons. The third kappa shape index (κ3) is 1.91. The molecule has 0 amide bonds. The molecule has 0 unspecified atom stereocenters. The van der Waals surface area contributed by atoms with Gasteiger partial charge in [0.25, 0.3) is 0 Å². The average molecular weight is 235 g/mol. The lowest BCUT2D eigenvalue weighted by molar-refractivity contribution is 1.10. The highest BCUT2D eigenvalue weighted by atomic mass is 15.1. The molecule has 0 aliphatic heterocycles. The van der Waals surface area contributed by atoms with Crippen LogP contribution in [0.25, 0.3) is 22.4 Å². The lowest BCUT2D eigenvalue weighted by atomic mass is 10.0. The lowest BCUT2D eigenvalue weighted by Gasteiger charge is -2.03. The molecule has 2 heterocycles. The van der Waals surface area contributed by atoms with E-state index in [4.69, 9.17) is 0 Å². The van der Waals surface area contributed by atoms with E-state index in [9.17, 15) is 0 Å². The SMILES string of the molecule is Cc1cc(-c2c[nH]nc2-c2ccccc2)ccn1. The second-order valence-corrected chi connectivity index (χ2v) is 4.20. The van der Waals surface area contributed by atoms with E-state index in [-0.39, 0.29) is 0 Å². The molecule has 0 fully saturated rings. The highest BCUT2D eigenvalue weighted by Crippen LogP contribution is 2.29. The van der Waals surface area contributed by atoms with Crippen LogP contribution in [0.1, 0.15) is 5.69 Å². The van der Waals surface area contributed by atoms with Crippen LogP contribution in [-0.4, -0.2) is 15.2 Å². The van der Waals surface area contributed by atoms with Gasteiger partial charge in [0.1, 0.15) is 0 Å². The largest absolute Gasteiger partial charge is 0.284 e. The van der Waals surface area contributed by atoms with Crippen LogP contribution in [0.2, 0.25) is 0 Å². The number of nitrogens with one attached hydrogen (secondary N) is 1. The summed E-state index contributed by atoms with van der Waals surface area (Å²) in [6.07, 6.45) is 3.75. The van der Waals surface area contributed by atoms with Crippen molar-refractivity contribution in [2.45, 2.75) is 6.92 Å². The molecule has 0 spiro atoms. The molecule has 0 saturated heterocycles. The third-order valence-corrected chi connectivity index (χ3v) is 2.90.